The van der Waals surface area contributed by atoms with Crippen LogP contribution in [0.5, 0.6) is 0 Å². The summed E-state index contributed by atoms with van der Waals surface area (Å²) < 4.78 is 1.72. The molecular formula is C13H14N2O2Se2. The monoisotopic (exact) mass is 390 g/mol. The average Bonchev–Trinajstić information content (AvgIpc) is 3.10. The number of amides is 2. The molecule has 6 heteroatoms. The third kappa shape index (κ3) is 4.51. The molecule has 0 spiro atoms. The molecule has 2 aromatic heterocycles. The van der Waals surface area contributed by atoms with Gasteiger partial charge in [-0.05, 0) is 0 Å². The summed E-state index contributed by atoms with van der Waals surface area (Å²) in [5, 5.41) is 5.72. The summed E-state index contributed by atoms with van der Waals surface area (Å²) in [5.74, 6) is 0.0322. The molecule has 2 heterocycles. The molecule has 0 aliphatic rings. The number of nitrogens with one attached hydrogen (secondary N) is 2. The van der Waals surface area contributed by atoms with Gasteiger partial charge in [0.1, 0.15) is 0 Å². The molecule has 0 fully saturated rings. The minimum absolute atomic E-state index is 0.0161. The van der Waals surface area contributed by atoms with Crippen molar-refractivity contribution in [3.63, 3.8) is 0 Å². The van der Waals surface area contributed by atoms with Crippen molar-refractivity contribution in [3.8, 4) is 0 Å². The van der Waals surface area contributed by atoms with Crippen LogP contribution in [0.3, 0.4) is 0 Å². The van der Waals surface area contributed by atoms with Crippen LogP contribution in [-0.2, 0) is 0 Å². The van der Waals surface area contributed by atoms with Gasteiger partial charge in [0.25, 0.3) is 0 Å². The molecule has 2 rings (SSSR count). The second kappa shape index (κ2) is 7.51. The Morgan fingerprint density at radius 1 is 0.895 bits per heavy atom. The first kappa shape index (κ1) is 14.4. The maximum absolute atomic E-state index is 11.6. The molecule has 2 amide bonds. The van der Waals surface area contributed by atoms with Gasteiger partial charge >= 0.3 is 124 Å². The number of hydrogen-bond acceptors (Lipinski definition) is 2. The zero-order chi connectivity index (χ0) is 13.5. The molecule has 0 aliphatic heterocycles. The Bertz CT molecular complexity index is 473. The second-order valence-corrected chi connectivity index (χ2v) is 7.80. The molecule has 0 saturated heterocycles. The Hall–Kier alpha value is -1.06. The maximum atomic E-state index is 11.6. The minimum atomic E-state index is 0.0161. The quantitative estimate of drug-likeness (QED) is 0.555. The first-order chi connectivity index (χ1) is 9.27. The van der Waals surface area contributed by atoms with Crippen molar-refractivity contribution in [1.29, 1.82) is 0 Å². The van der Waals surface area contributed by atoms with Crippen LogP contribution < -0.4 is 10.6 Å². The van der Waals surface area contributed by atoms with Crippen molar-refractivity contribution in [1.82, 2.24) is 10.6 Å². The van der Waals surface area contributed by atoms with Crippen LogP contribution in [0, 0.1) is 0 Å². The topological polar surface area (TPSA) is 58.2 Å². The van der Waals surface area contributed by atoms with Crippen LogP contribution in [-0.4, -0.2) is 53.9 Å². The van der Waals surface area contributed by atoms with Crippen LogP contribution in [0.25, 0.3) is 0 Å². The standard InChI is InChI=1S/C13H14N2O2Se2/c16-12(10-4-1-8-18-10)14-6-3-7-15-13(17)11-5-2-9-19-11/h1-2,4-5,8-9H,3,6-7H2,(H,14,16)(H,15,17). The van der Waals surface area contributed by atoms with Crippen molar-refractivity contribution < 1.29 is 9.59 Å². The molecule has 2 N–H and O–H groups in total. The van der Waals surface area contributed by atoms with E-state index < -0.39 is 0 Å². The molecule has 19 heavy (non-hydrogen) atoms. The van der Waals surface area contributed by atoms with E-state index in [1.165, 1.54) is 0 Å². The van der Waals surface area contributed by atoms with Crippen LogP contribution in [0.2, 0.25) is 0 Å². The first-order valence-electron chi connectivity index (χ1n) is 5.91. The van der Waals surface area contributed by atoms with Gasteiger partial charge in [-0.15, -0.1) is 0 Å². The summed E-state index contributed by atoms with van der Waals surface area (Å²) in [5.41, 5.74) is 0. The van der Waals surface area contributed by atoms with E-state index in [9.17, 15) is 9.59 Å². The summed E-state index contributed by atoms with van der Waals surface area (Å²) in [6, 6.07) is 7.55. The van der Waals surface area contributed by atoms with Gasteiger partial charge in [0.2, 0.25) is 0 Å². The normalized spacial score (nSPS) is 10.1. The van der Waals surface area contributed by atoms with Gasteiger partial charge in [-0.25, -0.2) is 0 Å². The van der Waals surface area contributed by atoms with Gasteiger partial charge in [0.05, 0.1) is 0 Å². The summed E-state index contributed by atoms with van der Waals surface area (Å²) in [4.78, 5) is 27.3. The van der Waals surface area contributed by atoms with E-state index >= 15 is 0 Å². The Morgan fingerprint density at radius 3 is 1.74 bits per heavy atom. The third-order valence-electron chi connectivity index (χ3n) is 2.41. The Balaban J connectivity index is 1.60. The SMILES string of the molecule is O=C(NCCCNC(=O)c1ccc[se]1)c1ccc[se]1. The van der Waals surface area contributed by atoms with Crippen molar-refractivity contribution >= 4 is 40.8 Å². The van der Waals surface area contributed by atoms with Gasteiger partial charge in [-0.3, -0.25) is 0 Å². The molecule has 0 aromatic carbocycles. The van der Waals surface area contributed by atoms with E-state index in [0.717, 1.165) is 15.3 Å². The molecule has 0 radical (unpaired) electrons. The van der Waals surface area contributed by atoms with E-state index in [1.54, 1.807) is 0 Å². The van der Waals surface area contributed by atoms with E-state index in [4.69, 9.17) is 0 Å². The van der Waals surface area contributed by atoms with Gasteiger partial charge < -0.3 is 0 Å². The average molecular weight is 388 g/mol. The van der Waals surface area contributed by atoms with Crippen LogP contribution in [0.1, 0.15) is 24.9 Å². The van der Waals surface area contributed by atoms with E-state index in [1.807, 2.05) is 34.1 Å². The fraction of sp³-hybridized carbons (Fsp3) is 0.231. The van der Waals surface area contributed by atoms with Crippen molar-refractivity contribution in [2.24, 2.45) is 0 Å². The summed E-state index contributed by atoms with van der Waals surface area (Å²) in [7, 11) is 0. The van der Waals surface area contributed by atoms with Crippen molar-refractivity contribution in [2.45, 2.75) is 6.42 Å². The number of carbonyl (C=O) groups excluding carboxylic acids is 2. The number of carbonyl (C=O) groups is 2. The molecular weight excluding hydrogens is 374 g/mol. The van der Waals surface area contributed by atoms with Crippen LogP contribution in [0.4, 0.5) is 0 Å². The molecule has 0 bridgehead atoms. The summed E-state index contributed by atoms with van der Waals surface area (Å²) >= 11 is 0.366. The Morgan fingerprint density at radius 2 is 1.37 bits per heavy atom. The first-order valence-corrected chi connectivity index (χ1v) is 9.60. The third-order valence-corrected chi connectivity index (χ3v) is 6.06. The van der Waals surface area contributed by atoms with Gasteiger partial charge in [-0.2, -0.15) is 0 Å². The molecule has 2 aromatic rings. The fourth-order valence-corrected chi connectivity index (χ4v) is 4.17. The van der Waals surface area contributed by atoms with Gasteiger partial charge in [0.15, 0.2) is 0 Å². The molecule has 100 valence electrons. The van der Waals surface area contributed by atoms with Crippen molar-refractivity contribution in [3.05, 3.63) is 43.0 Å². The zero-order valence-electron chi connectivity index (χ0n) is 10.2. The molecule has 0 unspecified atom stereocenters. The van der Waals surface area contributed by atoms with Crippen LogP contribution >= 0.6 is 0 Å². The van der Waals surface area contributed by atoms with Gasteiger partial charge in [-0.1, -0.05) is 0 Å². The van der Waals surface area contributed by atoms with E-state index in [-0.39, 0.29) is 40.8 Å². The molecule has 0 aliphatic carbocycles. The predicted molar refractivity (Wildman–Crippen MR) is 76.0 cm³/mol. The van der Waals surface area contributed by atoms with E-state index in [2.05, 4.69) is 10.6 Å². The predicted octanol–water partition coefficient (Wildman–Crippen LogP) is 0.350. The Labute approximate surface area is 123 Å². The zero-order valence-corrected chi connectivity index (χ0v) is 13.6. The molecule has 0 atom stereocenters. The van der Waals surface area contributed by atoms with Gasteiger partial charge in [0, 0.05) is 0 Å². The number of rotatable bonds is 6. The Kier molecular flexibility index (Phi) is 5.67. The molecule has 0 saturated carbocycles. The fourth-order valence-electron chi connectivity index (χ4n) is 1.48. The number of hydrogen-bond donors (Lipinski definition) is 2. The summed E-state index contributed by atoms with van der Waals surface area (Å²) in [6.07, 6.45) is 0.749. The van der Waals surface area contributed by atoms with E-state index in [0.29, 0.717) is 13.1 Å². The van der Waals surface area contributed by atoms with Crippen LogP contribution in [0.15, 0.2) is 34.1 Å². The molecule has 4 nitrogen and oxygen atoms in total. The second-order valence-electron chi connectivity index (χ2n) is 3.82. The van der Waals surface area contributed by atoms with Crippen molar-refractivity contribution in [2.75, 3.05) is 13.1 Å². The summed E-state index contributed by atoms with van der Waals surface area (Å²) in [6.45, 7) is 1.18.